The Morgan fingerprint density at radius 2 is 2.37 bits per heavy atom. The zero-order chi connectivity index (χ0) is 13.8. The monoisotopic (exact) mass is 283 g/mol. The predicted molar refractivity (Wildman–Crippen MR) is 71.2 cm³/mol. The van der Waals surface area contributed by atoms with Crippen molar-refractivity contribution in [3.63, 3.8) is 0 Å². The molecule has 0 fully saturated rings. The molecule has 1 aromatic rings. The Balaban J connectivity index is 2.12. The third kappa shape index (κ3) is 2.96. The number of ether oxygens (including phenoxy) is 1. The minimum Gasteiger partial charge on any atom is -0.479 e. The number of hydrogen-bond donors (Lipinski definition) is 1. The first kappa shape index (κ1) is 14.0. The number of hydrogen-bond acceptors (Lipinski definition) is 4. The summed E-state index contributed by atoms with van der Waals surface area (Å²) in [5.41, 5.74) is 0.758. The number of nitrogens with zero attached hydrogens (tertiary/aromatic N) is 1. The van der Waals surface area contributed by atoms with E-state index in [2.05, 4.69) is 0 Å². The minimum absolute atomic E-state index is 0.155. The number of carboxylic acid groups (broad SMARTS) is 1. The van der Waals surface area contributed by atoms with Crippen LogP contribution in [0.4, 0.5) is 0 Å². The van der Waals surface area contributed by atoms with Gasteiger partial charge in [0.2, 0.25) is 5.91 Å². The SMILES string of the molecule is CCOCCC(=O)N1CCc2sccc2C1C(=O)O. The van der Waals surface area contributed by atoms with Gasteiger partial charge in [-0.1, -0.05) is 0 Å². The van der Waals surface area contributed by atoms with E-state index < -0.39 is 12.0 Å². The number of carbonyl (C=O) groups excluding carboxylic acids is 1. The summed E-state index contributed by atoms with van der Waals surface area (Å²) in [4.78, 5) is 26.1. The summed E-state index contributed by atoms with van der Waals surface area (Å²) in [5, 5.41) is 11.3. The van der Waals surface area contributed by atoms with Crippen LogP contribution < -0.4 is 0 Å². The molecular formula is C13H17NO4S. The number of carboxylic acids is 1. The van der Waals surface area contributed by atoms with Crippen molar-refractivity contribution in [3.8, 4) is 0 Å². The molecule has 1 amide bonds. The second-order valence-corrected chi connectivity index (χ2v) is 5.32. The van der Waals surface area contributed by atoms with Crippen molar-refractivity contribution in [3.05, 3.63) is 21.9 Å². The average molecular weight is 283 g/mol. The number of rotatable bonds is 5. The van der Waals surface area contributed by atoms with E-state index in [-0.39, 0.29) is 12.3 Å². The van der Waals surface area contributed by atoms with Crippen LogP contribution in [-0.2, 0) is 20.7 Å². The van der Waals surface area contributed by atoms with Crippen LogP contribution in [0.25, 0.3) is 0 Å². The topological polar surface area (TPSA) is 66.8 Å². The number of aliphatic carboxylic acids is 1. The third-order valence-electron chi connectivity index (χ3n) is 3.18. The van der Waals surface area contributed by atoms with Crippen LogP contribution in [0.1, 0.15) is 29.8 Å². The third-order valence-corrected chi connectivity index (χ3v) is 4.18. The van der Waals surface area contributed by atoms with Gasteiger partial charge >= 0.3 is 5.97 Å². The van der Waals surface area contributed by atoms with Gasteiger partial charge in [0.05, 0.1) is 13.0 Å². The van der Waals surface area contributed by atoms with Crippen molar-refractivity contribution in [2.45, 2.75) is 25.8 Å². The van der Waals surface area contributed by atoms with Gasteiger partial charge in [-0.25, -0.2) is 4.79 Å². The van der Waals surface area contributed by atoms with Crippen molar-refractivity contribution in [1.82, 2.24) is 4.90 Å². The highest BCUT2D eigenvalue weighted by molar-refractivity contribution is 7.10. The van der Waals surface area contributed by atoms with Gasteiger partial charge in [0.1, 0.15) is 0 Å². The second kappa shape index (κ2) is 6.16. The van der Waals surface area contributed by atoms with Gasteiger partial charge in [-0.15, -0.1) is 11.3 Å². The fourth-order valence-corrected chi connectivity index (χ4v) is 3.20. The highest BCUT2D eigenvalue weighted by atomic mass is 32.1. The first-order valence-electron chi connectivity index (χ1n) is 6.31. The van der Waals surface area contributed by atoms with Crippen molar-refractivity contribution in [2.75, 3.05) is 19.8 Å². The smallest absolute Gasteiger partial charge is 0.331 e. The molecule has 5 nitrogen and oxygen atoms in total. The summed E-state index contributed by atoms with van der Waals surface area (Å²) >= 11 is 1.56. The van der Waals surface area contributed by atoms with Crippen LogP contribution in [0, 0.1) is 0 Å². The molecule has 0 saturated carbocycles. The van der Waals surface area contributed by atoms with E-state index in [1.807, 2.05) is 12.3 Å². The molecule has 0 bridgehead atoms. The fraction of sp³-hybridized carbons (Fsp3) is 0.538. The van der Waals surface area contributed by atoms with Crippen LogP contribution in [0.5, 0.6) is 0 Å². The van der Waals surface area contributed by atoms with Crippen LogP contribution >= 0.6 is 11.3 Å². The molecule has 1 aliphatic heterocycles. The molecule has 2 rings (SSSR count). The van der Waals surface area contributed by atoms with E-state index in [9.17, 15) is 14.7 Å². The lowest BCUT2D eigenvalue weighted by Gasteiger charge is -2.33. The van der Waals surface area contributed by atoms with Crippen molar-refractivity contribution < 1.29 is 19.4 Å². The molecule has 0 saturated heterocycles. The van der Waals surface area contributed by atoms with Crippen molar-refractivity contribution in [1.29, 1.82) is 0 Å². The van der Waals surface area contributed by atoms with Gasteiger partial charge in [0.15, 0.2) is 6.04 Å². The number of amides is 1. The second-order valence-electron chi connectivity index (χ2n) is 4.32. The zero-order valence-corrected chi connectivity index (χ0v) is 11.6. The summed E-state index contributed by atoms with van der Waals surface area (Å²) in [6, 6.07) is 0.963. The normalized spacial score (nSPS) is 18.2. The summed E-state index contributed by atoms with van der Waals surface area (Å²) in [7, 11) is 0. The molecule has 0 aromatic carbocycles. The molecule has 1 aliphatic rings. The Morgan fingerprint density at radius 3 is 3.05 bits per heavy atom. The summed E-state index contributed by atoms with van der Waals surface area (Å²) in [6.07, 6.45) is 0.967. The Labute approximate surface area is 115 Å². The molecule has 0 spiro atoms. The standard InChI is InChI=1S/C13H17NO4S/c1-2-18-7-4-11(15)14-6-3-10-9(5-8-19-10)12(14)13(16)17/h5,8,12H,2-4,6-7H2,1H3,(H,16,17). The van der Waals surface area contributed by atoms with E-state index in [1.165, 1.54) is 4.90 Å². The van der Waals surface area contributed by atoms with Gasteiger partial charge in [-0.3, -0.25) is 4.79 Å². The van der Waals surface area contributed by atoms with Crippen LogP contribution in [0.3, 0.4) is 0 Å². The molecule has 0 radical (unpaired) electrons. The van der Waals surface area contributed by atoms with Gasteiger partial charge in [0, 0.05) is 18.0 Å². The molecule has 0 aliphatic carbocycles. The summed E-state index contributed by atoms with van der Waals surface area (Å²) in [5.74, 6) is -1.12. The maximum atomic E-state index is 12.1. The average Bonchev–Trinajstić information content (AvgIpc) is 2.85. The predicted octanol–water partition coefficient (Wildman–Crippen LogP) is 1.69. The molecule has 2 heterocycles. The first-order chi connectivity index (χ1) is 9.15. The molecular weight excluding hydrogens is 266 g/mol. The van der Waals surface area contributed by atoms with E-state index >= 15 is 0 Å². The molecule has 1 aromatic heterocycles. The molecule has 104 valence electrons. The summed E-state index contributed by atoms with van der Waals surface area (Å²) in [6.45, 7) is 3.23. The minimum atomic E-state index is -0.968. The van der Waals surface area contributed by atoms with Crippen molar-refractivity contribution >= 4 is 23.2 Å². The molecule has 1 atom stereocenters. The van der Waals surface area contributed by atoms with E-state index in [1.54, 1.807) is 17.4 Å². The highest BCUT2D eigenvalue weighted by Crippen LogP contribution is 2.33. The Hall–Kier alpha value is -1.40. The zero-order valence-electron chi connectivity index (χ0n) is 10.8. The molecule has 6 heteroatoms. The maximum Gasteiger partial charge on any atom is 0.331 e. The van der Waals surface area contributed by atoms with Gasteiger partial charge in [-0.2, -0.15) is 0 Å². The van der Waals surface area contributed by atoms with Gasteiger partial charge in [0.25, 0.3) is 0 Å². The largest absolute Gasteiger partial charge is 0.479 e. The Kier molecular flexibility index (Phi) is 4.55. The van der Waals surface area contributed by atoms with E-state index in [4.69, 9.17) is 4.74 Å². The lowest BCUT2D eigenvalue weighted by molar-refractivity contribution is -0.151. The molecule has 19 heavy (non-hydrogen) atoms. The van der Waals surface area contributed by atoms with Crippen LogP contribution in [-0.4, -0.2) is 41.6 Å². The molecule has 1 unspecified atom stereocenters. The maximum absolute atomic E-state index is 12.1. The Bertz CT molecular complexity index is 471. The lowest BCUT2D eigenvalue weighted by Crippen LogP contribution is -2.43. The summed E-state index contributed by atoms with van der Waals surface area (Å²) < 4.78 is 5.15. The van der Waals surface area contributed by atoms with E-state index in [0.29, 0.717) is 19.8 Å². The highest BCUT2D eigenvalue weighted by Gasteiger charge is 2.36. The lowest BCUT2D eigenvalue weighted by atomic mass is 9.99. The van der Waals surface area contributed by atoms with Gasteiger partial charge in [-0.05, 0) is 30.4 Å². The van der Waals surface area contributed by atoms with Crippen molar-refractivity contribution in [2.24, 2.45) is 0 Å². The number of fused-ring (bicyclic) bond motifs is 1. The molecule has 1 N–H and O–H groups in total. The first-order valence-corrected chi connectivity index (χ1v) is 7.19. The van der Waals surface area contributed by atoms with E-state index in [0.717, 1.165) is 16.9 Å². The van der Waals surface area contributed by atoms with Crippen LogP contribution in [0.15, 0.2) is 11.4 Å². The van der Waals surface area contributed by atoms with Crippen LogP contribution in [0.2, 0.25) is 0 Å². The number of thiophene rings is 1. The number of carbonyl (C=O) groups is 2. The van der Waals surface area contributed by atoms with Gasteiger partial charge < -0.3 is 14.7 Å². The Morgan fingerprint density at radius 1 is 1.58 bits per heavy atom. The quantitative estimate of drug-likeness (QED) is 0.835. The fourth-order valence-electron chi connectivity index (χ4n) is 2.30.